The first-order chi connectivity index (χ1) is 5.43. The van der Waals surface area contributed by atoms with Gasteiger partial charge in [-0.1, -0.05) is 5.16 Å². The highest BCUT2D eigenvalue weighted by Gasteiger charge is 2.09. The fourth-order valence-electron chi connectivity index (χ4n) is 0.802. The van der Waals surface area contributed by atoms with E-state index in [0.29, 0.717) is 6.61 Å². The average Bonchev–Trinajstić information content (AvgIpc) is 1.93. The number of hydrogen-bond acceptors (Lipinski definition) is 2. The Bertz CT molecular complexity index is 172. The molecule has 0 amide bonds. The van der Waals surface area contributed by atoms with Crippen molar-refractivity contribution in [3.8, 4) is 12.3 Å². The predicted octanol–water partition coefficient (Wildman–Crippen LogP) is 1.96. The zero-order valence-electron chi connectivity index (χ0n) is 6.68. The molecule has 0 aromatic rings. The van der Waals surface area contributed by atoms with Crippen LogP contribution in [-0.4, -0.2) is 12.3 Å². The Morgan fingerprint density at radius 2 is 2.36 bits per heavy atom. The van der Waals surface area contributed by atoms with Crippen molar-refractivity contribution in [2.45, 2.75) is 32.1 Å². The lowest BCUT2D eigenvalue weighted by Crippen LogP contribution is -2.10. The molecule has 0 atom stereocenters. The largest absolute Gasteiger partial charge is 0.396 e. The molecule has 60 valence electrons. The standard InChI is InChI=1S/C9H13NO/c1-2-3-4-8-11-10-9-6-5-7-9/h1H,3-8H2. The van der Waals surface area contributed by atoms with Crippen LogP contribution in [0, 0.1) is 12.3 Å². The quantitative estimate of drug-likeness (QED) is 0.342. The number of oxime groups is 1. The summed E-state index contributed by atoms with van der Waals surface area (Å²) in [5.41, 5.74) is 1.20. The summed E-state index contributed by atoms with van der Waals surface area (Å²) in [7, 11) is 0. The normalized spacial score (nSPS) is 15.0. The molecule has 11 heavy (non-hydrogen) atoms. The first-order valence-corrected chi connectivity index (χ1v) is 4.04. The minimum absolute atomic E-state index is 0.660. The lowest BCUT2D eigenvalue weighted by atomic mass is 9.98. The molecule has 2 nitrogen and oxygen atoms in total. The van der Waals surface area contributed by atoms with Crippen LogP contribution in [0.15, 0.2) is 5.16 Å². The van der Waals surface area contributed by atoms with Crippen molar-refractivity contribution in [2.75, 3.05) is 6.61 Å². The molecule has 0 heterocycles. The van der Waals surface area contributed by atoms with E-state index in [4.69, 9.17) is 11.3 Å². The van der Waals surface area contributed by atoms with Crippen LogP contribution in [0.1, 0.15) is 32.1 Å². The second-order valence-corrected chi connectivity index (χ2v) is 2.65. The molecule has 1 rings (SSSR count). The van der Waals surface area contributed by atoms with Crippen LogP contribution in [0.3, 0.4) is 0 Å². The van der Waals surface area contributed by atoms with Crippen molar-refractivity contribution in [1.29, 1.82) is 0 Å². The zero-order valence-corrected chi connectivity index (χ0v) is 6.68. The average molecular weight is 151 g/mol. The lowest BCUT2D eigenvalue weighted by Gasteiger charge is -2.12. The van der Waals surface area contributed by atoms with Crippen molar-refractivity contribution in [2.24, 2.45) is 5.16 Å². The summed E-state index contributed by atoms with van der Waals surface area (Å²) in [4.78, 5) is 5.03. The fraction of sp³-hybridized carbons (Fsp3) is 0.667. The maximum Gasteiger partial charge on any atom is 0.118 e. The molecule has 1 aliphatic carbocycles. The third kappa shape index (κ3) is 3.08. The topological polar surface area (TPSA) is 21.6 Å². The molecule has 0 aromatic heterocycles. The van der Waals surface area contributed by atoms with Gasteiger partial charge in [-0.15, -0.1) is 12.3 Å². The molecule has 1 fully saturated rings. The smallest absolute Gasteiger partial charge is 0.118 e. The van der Waals surface area contributed by atoms with Crippen molar-refractivity contribution < 1.29 is 4.84 Å². The summed E-state index contributed by atoms with van der Waals surface area (Å²) in [5.74, 6) is 2.56. The number of rotatable bonds is 4. The van der Waals surface area contributed by atoms with E-state index in [-0.39, 0.29) is 0 Å². The number of terminal acetylenes is 1. The Balaban J connectivity index is 1.92. The molecule has 0 radical (unpaired) electrons. The highest BCUT2D eigenvalue weighted by Crippen LogP contribution is 2.14. The maximum atomic E-state index is 5.07. The summed E-state index contributed by atoms with van der Waals surface area (Å²) in [6.45, 7) is 0.660. The molecule has 0 N–H and O–H groups in total. The Morgan fingerprint density at radius 3 is 2.91 bits per heavy atom. The number of nitrogens with zero attached hydrogens (tertiary/aromatic N) is 1. The van der Waals surface area contributed by atoms with Gasteiger partial charge in [-0.2, -0.15) is 0 Å². The van der Waals surface area contributed by atoms with Crippen LogP contribution in [0.5, 0.6) is 0 Å². The van der Waals surface area contributed by atoms with E-state index >= 15 is 0 Å². The van der Waals surface area contributed by atoms with Crippen LogP contribution in [0.25, 0.3) is 0 Å². The first kappa shape index (κ1) is 8.13. The summed E-state index contributed by atoms with van der Waals surface area (Å²) in [6.07, 6.45) is 10.3. The third-order valence-corrected chi connectivity index (χ3v) is 1.68. The van der Waals surface area contributed by atoms with E-state index in [2.05, 4.69) is 11.1 Å². The Kier molecular flexibility index (Phi) is 3.54. The zero-order chi connectivity index (χ0) is 7.94. The summed E-state index contributed by atoms with van der Waals surface area (Å²) in [6, 6.07) is 0. The molecule has 0 saturated heterocycles. The monoisotopic (exact) mass is 151 g/mol. The predicted molar refractivity (Wildman–Crippen MR) is 45.3 cm³/mol. The minimum atomic E-state index is 0.660. The first-order valence-electron chi connectivity index (χ1n) is 4.04. The maximum absolute atomic E-state index is 5.07. The van der Waals surface area contributed by atoms with Gasteiger partial charge in [-0.05, 0) is 25.7 Å². The molecular formula is C9H13NO. The van der Waals surface area contributed by atoms with E-state index in [0.717, 1.165) is 25.7 Å². The van der Waals surface area contributed by atoms with Crippen molar-refractivity contribution in [3.05, 3.63) is 0 Å². The van der Waals surface area contributed by atoms with Gasteiger partial charge < -0.3 is 4.84 Å². The van der Waals surface area contributed by atoms with Gasteiger partial charge in [0.2, 0.25) is 0 Å². The summed E-state index contributed by atoms with van der Waals surface area (Å²) >= 11 is 0. The van der Waals surface area contributed by atoms with Gasteiger partial charge in [0.25, 0.3) is 0 Å². The van der Waals surface area contributed by atoms with Crippen LogP contribution in [0.2, 0.25) is 0 Å². The highest BCUT2D eigenvalue weighted by molar-refractivity contribution is 5.88. The molecule has 0 bridgehead atoms. The van der Waals surface area contributed by atoms with Gasteiger partial charge in [0.05, 0.1) is 5.71 Å². The molecule has 1 saturated carbocycles. The van der Waals surface area contributed by atoms with Crippen LogP contribution >= 0.6 is 0 Å². The number of hydrogen-bond donors (Lipinski definition) is 0. The van der Waals surface area contributed by atoms with Gasteiger partial charge in [-0.3, -0.25) is 0 Å². The molecule has 0 spiro atoms. The van der Waals surface area contributed by atoms with Crippen LogP contribution < -0.4 is 0 Å². The van der Waals surface area contributed by atoms with Crippen molar-refractivity contribution in [1.82, 2.24) is 0 Å². The number of unbranched alkanes of at least 4 members (excludes halogenated alkanes) is 1. The highest BCUT2D eigenvalue weighted by atomic mass is 16.6. The second-order valence-electron chi connectivity index (χ2n) is 2.65. The van der Waals surface area contributed by atoms with Crippen molar-refractivity contribution in [3.63, 3.8) is 0 Å². The fourth-order valence-corrected chi connectivity index (χ4v) is 0.802. The molecule has 0 unspecified atom stereocenters. The van der Waals surface area contributed by atoms with Gasteiger partial charge >= 0.3 is 0 Å². The van der Waals surface area contributed by atoms with Crippen LogP contribution in [0.4, 0.5) is 0 Å². The van der Waals surface area contributed by atoms with Crippen molar-refractivity contribution >= 4 is 5.71 Å². The Morgan fingerprint density at radius 1 is 1.55 bits per heavy atom. The molecule has 0 aromatic carbocycles. The van der Waals surface area contributed by atoms with Gasteiger partial charge in [0.15, 0.2) is 0 Å². The second kappa shape index (κ2) is 4.79. The lowest BCUT2D eigenvalue weighted by molar-refractivity contribution is 0.140. The van der Waals surface area contributed by atoms with E-state index in [1.54, 1.807) is 0 Å². The Hall–Kier alpha value is -0.970. The minimum Gasteiger partial charge on any atom is -0.396 e. The Labute approximate surface area is 67.6 Å². The van der Waals surface area contributed by atoms with E-state index < -0.39 is 0 Å². The van der Waals surface area contributed by atoms with Crippen LogP contribution in [-0.2, 0) is 4.84 Å². The molecule has 1 aliphatic rings. The SMILES string of the molecule is C#CCCCON=C1CCC1. The van der Waals surface area contributed by atoms with Gasteiger partial charge in [0.1, 0.15) is 6.61 Å². The summed E-state index contributed by atoms with van der Waals surface area (Å²) in [5, 5.41) is 3.95. The third-order valence-electron chi connectivity index (χ3n) is 1.68. The summed E-state index contributed by atoms with van der Waals surface area (Å²) < 4.78 is 0. The molecular weight excluding hydrogens is 138 g/mol. The van der Waals surface area contributed by atoms with Gasteiger partial charge in [-0.25, -0.2) is 0 Å². The van der Waals surface area contributed by atoms with E-state index in [1.165, 1.54) is 12.1 Å². The van der Waals surface area contributed by atoms with E-state index in [1.807, 2.05) is 0 Å². The van der Waals surface area contributed by atoms with Gasteiger partial charge in [0, 0.05) is 6.42 Å². The van der Waals surface area contributed by atoms with E-state index in [9.17, 15) is 0 Å². The molecule has 0 aliphatic heterocycles. The molecule has 2 heteroatoms.